The van der Waals surface area contributed by atoms with Crippen molar-refractivity contribution in [3.8, 4) is 0 Å². The summed E-state index contributed by atoms with van der Waals surface area (Å²) in [7, 11) is 1.86. The molecule has 3 aromatic rings. The lowest BCUT2D eigenvalue weighted by Gasteiger charge is -2.33. The molecule has 0 N–H and O–H groups in total. The van der Waals surface area contributed by atoms with E-state index in [1.807, 2.05) is 37.4 Å². The van der Waals surface area contributed by atoms with E-state index in [2.05, 4.69) is 30.3 Å². The van der Waals surface area contributed by atoms with Crippen LogP contribution in [0.4, 0.5) is 5.69 Å². The molecule has 1 aliphatic rings. The summed E-state index contributed by atoms with van der Waals surface area (Å²) in [6.45, 7) is 0. The van der Waals surface area contributed by atoms with E-state index in [1.54, 1.807) is 4.90 Å². The predicted octanol–water partition coefficient (Wildman–Crippen LogP) is 4.99. The standard InChI is InChI=1S/C20H16ClNO/c1-22-18-11-8-13-4-2-3-5-16(13)20(18)17(12-19(22)23)14-6-9-15(21)10-7-14/h2-11,17H,12H2,1H3. The summed E-state index contributed by atoms with van der Waals surface area (Å²) in [5.74, 6) is 0.213. The van der Waals surface area contributed by atoms with Gasteiger partial charge in [0, 0.05) is 30.1 Å². The van der Waals surface area contributed by atoms with Crippen molar-refractivity contribution in [3.05, 3.63) is 76.8 Å². The van der Waals surface area contributed by atoms with Crippen molar-refractivity contribution >= 4 is 34.0 Å². The smallest absolute Gasteiger partial charge is 0.227 e. The fourth-order valence-electron chi connectivity index (χ4n) is 3.47. The first kappa shape index (κ1) is 14.3. The molecule has 4 rings (SSSR count). The molecule has 0 fully saturated rings. The van der Waals surface area contributed by atoms with Crippen LogP contribution in [-0.4, -0.2) is 13.0 Å². The van der Waals surface area contributed by atoms with Crippen LogP contribution in [0.25, 0.3) is 10.8 Å². The lowest BCUT2D eigenvalue weighted by molar-refractivity contribution is -0.118. The highest BCUT2D eigenvalue weighted by Gasteiger charge is 2.31. The van der Waals surface area contributed by atoms with Gasteiger partial charge in [-0.3, -0.25) is 4.79 Å². The number of carbonyl (C=O) groups is 1. The maximum absolute atomic E-state index is 12.4. The maximum Gasteiger partial charge on any atom is 0.227 e. The quantitative estimate of drug-likeness (QED) is 0.618. The van der Waals surface area contributed by atoms with Crippen molar-refractivity contribution in [2.45, 2.75) is 12.3 Å². The van der Waals surface area contributed by atoms with Gasteiger partial charge in [-0.15, -0.1) is 0 Å². The number of benzene rings is 3. The van der Waals surface area contributed by atoms with E-state index >= 15 is 0 Å². The van der Waals surface area contributed by atoms with E-state index in [1.165, 1.54) is 16.3 Å². The number of amides is 1. The lowest BCUT2D eigenvalue weighted by Crippen LogP contribution is -2.33. The summed E-state index contributed by atoms with van der Waals surface area (Å²) in [5.41, 5.74) is 3.36. The van der Waals surface area contributed by atoms with E-state index < -0.39 is 0 Å². The molecule has 1 heterocycles. The van der Waals surface area contributed by atoms with Crippen molar-refractivity contribution in [2.75, 3.05) is 11.9 Å². The second-order valence-electron chi connectivity index (χ2n) is 5.98. The van der Waals surface area contributed by atoms with Crippen molar-refractivity contribution < 1.29 is 4.79 Å². The monoisotopic (exact) mass is 321 g/mol. The van der Waals surface area contributed by atoms with E-state index in [-0.39, 0.29) is 11.8 Å². The van der Waals surface area contributed by atoms with Crippen molar-refractivity contribution in [1.29, 1.82) is 0 Å². The minimum Gasteiger partial charge on any atom is -0.315 e. The molecule has 0 bridgehead atoms. The molecule has 0 radical (unpaired) electrons. The van der Waals surface area contributed by atoms with E-state index in [9.17, 15) is 4.79 Å². The van der Waals surface area contributed by atoms with Crippen LogP contribution in [0.1, 0.15) is 23.5 Å². The maximum atomic E-state index is 12.4. The number of nitrogens with zero attached hydrogens (tertiary/aromatic N) is 1. The third-order valence-electron chi connectivity index (χ3n) is 4.68. The minimum absolute atomic E-state index is 0.0667. The number of hydrogen-bond donors (Lipinski definition) is 0. The Morgan fingerprint density at radius 2 is 1.74 bits per heavy atom. The summed E-state index contributed by atoms with van der Waals surface area (Å²) in [6.07, 6.45) is 0.485. The summed E-state index contributed by atoms with van der Waals surface area (Å²) >= 11 is 6.02. The molecule has 1 amide bonds. The molecular weight excluding hydrogens is 306 g/mol. The summed E-state index contributed by atoms with van der Waals surface area (Å²) in [6, 6.07) is 20.3. The number of hydrogen-bond acceptors (Lipinski definition) is 1. The molecule has 3 aromatic carbocycles. The Bertz CT molecular complexity index is 901. The Balaban J connectivity index is 1.99. The van der Waals surface area contributed by atoms with Gasteiger partial charge in [-0.1, -0.05) is 54.1 Å². The average Bonchev–Trinajstić information content (AvgIpc) is 2.58. The van der Waals surface area contributed by atoms with Gasteiger partial charge >= 0.3 is 0 Å². The van der Waals surface area contributed by atoms with Gasteiger partial charge in [0.15, 0.2) is 0 Å². The number of rotatable bonds is 1. The van der Waals surface area contributed by atoms with E-state index in [0.717, 1.165) is 11.3 Å². The fraction of sp³-hybridized carbons (Fsp3) is 0.150. The van der Waals surface area contributed by atoms with Crippen molar-refractivity contribution in [2.24, 2.45) is 0 Å². The second-order valence-corrected chi connectivity index (χ2v) is 6.42. The van der Waals surface area contributed by atoms with Crippen LogP contribution in [0.15, 0.2) is 60.7 Å². The van der Waals surface area contributed by atoms with E-state index in [0.29, 0.717) is 11.4 Å². The molecule has 1 atom stereocenters. The zero-order chi connectivity index (χ0) is 16.0. The van der Waals surface area contributed by atoms with Crippen molar-refractivity contribution in [3.63, 3.8) is 0 Å². The lowest BCUT2D eigenvalue weighted by atomic mass is 9.81. The second kappa shape index (κ2) is 5.39. The molecule has 0 saturated heterocycles. The number of carbonyl (C=O) groups excluding carboxylic acids is 1. The first-order valence-corrected chi connectivity index (χ1v) is 8.06. The van der Waals surface area contributed by atoms with Gasteiger partial charge in [0.1, 0.15) is 0 Å². The Morgan fingerprint density at radius 3 is 2.52 bits per heavy atom. The van der Waals surface area contributed by atoms with Gasteiger partial charge in [-0.25, -0.2) is 0 Å². The SMILES string of the molecule is CN1C(=O)CC(c2ccc(Cl)cc2)c2c1ccc1ccccc21. The predicted molar refractivity (Wildman–Crippen MR) is 95.3 cm³/mol. The molecule has 2 nitrogen and oxygen atoms in total. The molecule has 0 spiro atoms. The van der Waals surface area contributed by atoms with Gasteiger partial charge in [0.05, 0.1) is 0 Å². The van der Waals surface area contributed by atoms with E-state index in [4.69, 9.17) is 11.6 Å². The molecule has 1 aliphatic heterocycles. The molecular formula is C20H16ClNO. The van der Waals surface area contributed by atoms with Gasteiger partial charge in [0.2, 0.25) is 5.91 Å². The zero-order valence-electron chi connectivity index (χ0n) is 12.8. The molecule has 0 aromatic heterocycles. The largest absolute Gasteiger partial charge is 0.315 e. The third-order valence-corrected chi connectivity index (χ3v) is 4.93. The number of halogens is 1. The highest BCUT2D eigenvalue weighted by molar-refractivity contribution is 6.30. The van der Waals surface area contributed by atoms with Gasteiger partial charge in [-0.05, 0) is 40.1 Å². The Kier molecular flexibility index (Phi) is 3.35. The highest BCUT2D eigenvalue weighted by Crippen LogP contribution is 2.43. The average molecular weight is 322 g/mol. The van der Waals surface area contributed by atoms with Gasteiger partial charge < -0.3 is 4.90 Å². The van der Waals surface area contributed by atoms with Crippen LogP contribution >= 0.6 is 11.6 Å². The Labute approximate surface area is 140 Å². The summed E-state index contributed by atoms with van der Waals surface area (Å²) in [4.78, 5) is 14.2. The number of anilines is 1. The van der Waals surface area contributed by atoms with Crippen LogP contribution in [-0.2, 0) is 4.79 Å². The van der Waals surface area contributed by atoms with Crippen molar-refractivity contribution in [1.82, 2.24) is 0 Å². The first-order valence-electron chi connectivity index (χ1n) is 7.69. The topological polar surface area (TPSA) is 20.3 Å². The highest BCUT2D eigenvalue weighted by atomic mass is 35.5. The number of fused-ring (bicyclic) bond motifs is 3. The van der Waals surface area contributed by atoms with Crippen LogP contribution in [0.5, 0.6) is 0 Å². The van der Waals surface area contributed by atoms with Gasteiger partial charge in [-0.2, -0.15) is 0 Å². The zero-order valence-corrected chi connectivity index (χ0v) is 13.5. The molecule has 23 heavy (non-hydrogen) atoms. The first-order chi connectivity index (χ1) is 11.1. The fourth-order valence-corrected chi connectivity index (χ4v) is 3.60. The molecule has 0 aliphatic carbocycles. The van der Waals surface area contributed by atoms with Crippen LogP contribution in [0, 0.1) is 0 Å². The minimum atomic E-state index is 0.0667. The van der Waals surface area contributed by atoms with Gasteiger partial charge in [0.25, 0.3) is 0 Å². The van der Waals surface area contributed by atoms with Crippen LogP contribution < -0.4 is 4.90 Å². The Morgan fingerprint density at radius 1 is 1.00 bits per heavy atom. The van der Waals surface area contributed by atoms with Crippen LogP contribution in [0.3, 0.4) is 0 Å². The third kappa shape index (κ3) is 2.30. The summed E-state index contributed by atoms with van der Waals surface area (Å²) < 4.78 is 0. The molecule has 0 saturated carbocycles. The van der Waals surface area contributed by atoms with Crippen LogP contribution in [0.2, 0.25) is 5.02 Å². The Hall–Kier alpha value is -2.32. The molecule has 3 heteroatoms. The normalized spacial score (nSPS) is 17.4. The summed E-state index contributed by atoms with van der Waals surface area (Å²) in [5, 5.41) is 3.13. The molecule has 1 unspecified atom stereocenters. The molecule has 114 valence electrons.